The van der Waals surface area contributed by atoms with Crippen molar-refractivity contribution in [1.29, 1.82) is 0 Å². The zero-order valence-electron chi connectivity index (χ0n) is 7.89. The van der Waals surface area contributed by atoms with Gasteiger partial charge in [0.05, 0.1) is 0 Å². The fraction of sp³-hybridized carbons (Fsp3) is 1.00. The molecule has 0 N–H and O–H groups in total. The van der Waals surface area contributed by atoms with Crippen molar-refractivity contribution in [3.8, 4) is 0 Å². The van der Waals surface area contributed by atoms with Gasteiger partial charge < -0.3 is 4.74 Å². The van der Waals surface area contributed by atoms with Crippen molar-refractivity contribution in [2.75, 3.05) is 13.2 Å². The highest BCUT2D eigenvalue weighted by Gasteiger charge is 2.16. The number of ether oxygens (including phenoxy) is 1. The molecule has 0 rings (SSSR count). The second kappa shape index (κ2) is 6.09. The Kier molecular flexibility index (Phi) is 6.38. The number of hydrogen-bond donors (Lipinski definition) is 1. The molecule has 0 amide bonds. The van der Waals surface area contributed by atoms with Crippen molar-refractivity contribution in [2.24, 2.45) is 0 Å². The highest BCUT2D eigenvalue weighted by Crippen LogP contribution is 2.20. The molecule has 0 aromatic rings. The summed E-state index contributed by atoms with van der Waals surface area (Å²) in [5.41, 5.74) is 0. The molecule has 0 saturated heterocycles. The Balaban J connectivity index is 3.38. The highest BCUT2D eigenvalue weighted by atomic mass is 32.1. The minimum Gasteiger partial charge on any atom is -0.382 e. The van der Waals surface area contributed by atoms with Gasteiger partial charge in [-0.15, -0.1) is 0 Å². The monoisotopic (exact) mass is 192 g/mol. The lowest BCUT2D eigenvalue weighted by molar-refractivity contribution is 0.142. The minimum atomic E-state index is 0.309. The molecule has 0 spiro atoms. The number of rotatable bonds is 6. The van der Waals surface area contributed by atoms with Gasteiger partial charge >= 0.3 is 0 Å². The molecule has 68 valence electrons. The Morgan fingerprint density at radius 1 is 1.36 bits per heavy atom. The third-order valence-corrected chi connectivity index (χ3v) is 3.22. The molecule has 0 aromatic carbocycles. The molecule has 1 atom stereocenters. The average molecular weight is 192 g/mol. The van der Waals surface area contributed by atoms with Crippen LogP contribution in [0.4, 0.5) is 0 Å². The van der Waals surface area contributed by atoms with Crippen LogP contribution in [0.1, 0.15) is 33.1 Å². The third-order valence-electron chi connectivity index (χ3n) is 1.78. The Hall–Kier alpha value is 0.527. The maximum Gasteiger partial charge on any atom is 0.0475 e. The van der Waals surface area contributed by atoms with Crippen LogP contribution in [-0.4, -0.2) is 27.8 Å². The first kappa shape index (κ1) is 11.5. The topological polar surface area (TPSA) is 9.23 Å². The molecular weight excluding hydrogens is 172 g/mol. The second-order valence-corrected chi connectivity index (χ2v) is 7.03. The lowest BCUT2D eigenvalue weighted by Crippen LogP contribution is -2.23. The standard InChI is InChI=1S/C8H20OSSi/c1-3-5-8(10,11)6-7-9-4-2/h10H,3-7H2,1-2,11H3. The predicted octanol–water partition coefficient (Wildman–Crippen LogP) is 1.20. The van der Waals surface area contributed by atoms with Crippen LogP contribution in [0, 0.1) is 0 Å². The van der Waals surface area contributed by atoms with Crippen LogP contribution in [0.3, 0.4) is 0 Å². The van der Waals surface area contributed by atoms with E-state index in [4.69, 9.17) is 4.74 Å². The first-order valence-electron chi connectivity index (χ1n) is 4.42. The van der Waals surface area contributed by atoms with Crippen LogP contribution < -0.4 is 0 Å². The van der Waals surface area contributed by atoms with E-state index in [1.165, 1.54) is 12.8 Å². The molecule has 1 unspecified atom stereocenters. The van der Waals surface area contributed by atoms with E-state index in [9.17, 15) is 0 Å². The van der Waals surface area contributed by atoms with E-state index in [0.29, 0.717) is 4.37 Å². The van der Waals surface area contributed by atoms with Gasteiger partial charge in [0.2, 0.25) is 0 Å². The minimum absolute atomic E-state index is 0.309. The fourth-order valence-corrected chi connectivity index (χ4v) is 2.12. The maximum absolute atomic E-state index is 5.29. The molecule has 3 heteroatoms. The summed E-state index contributed by atoms with van der Waals surface area (Å²) in [6.45, 7) is 5.96. The predicted molar refractivity (Wildman–Crippen MR) is 57.7 cm³/mol. The highest BCUT2D eigenvalue weighted by molar-refractivity contribution is 7.83. The lowest BCUT2D eigenvalue weighted by Gasteiger charge is -2.22. The van der Waals surface area contributed by atoms with Gasteiger partial charge in [0.1, 0.15) is 0 Å². The van der Waals surface area contributed by atoms with E-state index in [2.05, 4.69) is 19.6 Å². The molecule has 0 aromatic heterocycles. The number of thiol groups is 1. The molecule has 1 nitrogen and oxygen atoms in total. The van der Waals surface area contributed by atoms with E-state index in [1.54, 1.807) is 0 Å². The first-order chi connectivity index (χ1) is 5.12. The van der Waals surface area contributed by atoms with Crippen LogP contribution in [0.2, 0.25) is 0 Å². The summed E-state index contributed by atoms with van der Waals surface area (Å²) in [6, 6.07) is 0. The summed E-state index contributed by atoms with van der Waals surface area (Å²) in [5, 5.41) is 0. The summed E-state index contributed by atoms with van der Waals surface area (Å²) in [5.74, 6) is 0. The molecule has 0 radical (unpaired) electrons. The smallest absolute Gasteiger partial charge is 0.0475 e. The van der Waals surface area contributed by atoms with Crippen molar-refractivity contribution in [1.82, 2.24) is 0 Å². The van der Waals surface area contributed by atoms with E-state index in [1.807, 2.05) is 6.92 Å². The zero-order valence-corrected chi connectivity index (χ0v) is 10.8. The van der Waals surface area contributed by atoms with E-state index < -0.39 is 0 Å². The average Bonchev–Trinajstić information content (AvgIpc) is 1.87. The van der Waals surface area contributed by atoms with Gasteiger partial charge in [0.25, 0.3) is 0 Å². The van der Waals surface area contributed by atoms with Crippen LogP contribution >= 0.6 is 12.6 Å². The van der Waals surface area contributed by atoms with Gasteiger partial charge in [-0.05, 0) is 24.1 Å². The van der Waals surface area contributed by atoms with Gasteiger partial charge in [-0.1, -0.05) is 13.3 Å². The number of hydrogen-bond acceptors (Lipinski definition) is 2. The molecule has 0 saturated carbocycles. The summed E-state index contributed by atoms with van der Waals surface area (Å²) < 4.78 is 5.60. The van der Waals surface area contributed by atoms with E-state index in [-0.39, 0.29) is 0 Å². The van der Waals surface area contributed by atoms with Gasteiger partial charge in [-0.3, -0.25) is 0 Å². The van der Waals surface area contributed by atoms with E-state index in [0.717, 1.165) is 29.9 Å². The van der Waals surface area contributed by atoms with E-state index >= 15 is 0 Å². The van der Waals surface area contributed by atoms with Gasteiger partial charge in [0.15, 0.2) is 0 Å². The van der Waals surface area contributed by atoms with Crippen molar-refractivity contribution in [2.45, 2.75) is 37.5 Å². The van der Waals surface area contributed by atoms with Crippen molar-refractivity contribution >= 4 is 22.9 Å². The normalized spacial score (nSPS) is 16.6. The molecule has 0 aliphatic carbocycles. The van der Waals surface area contributed by atoms with Crippen molar-refractivity contribution in [3.63, 3.8) is 0 Å². The lowest BCUT2D eigenvalue weighted by atomic mass is 10.2. The van der Waals surface area contributed by atoms with Crippen molar-refractivity contribution < 1.29 is 4.74 Å². The first-order valence-corrected chi connectivity index (χ1v) is 5.87. The summed E-state index contributed by atoms with van der Waals surface area (Å²) in [4.78, 5) is 0. The molecule has 0 bridgehead atoms. The summed E-state index contributed by atoms with van der Waals surface area (Å²) >= 11 is 4.62. The Labute approximate surface area is 78.7 Å². The molecular formula is C8H20OSSi. The Morgan fingerprint density at radius 2 is 2.00 bits per heavy atom. The van der Waals surface area contributed by atoms with Gasteiger partial charge in [0, 0.05) is 23.5 Å². The van der Waals surface area contributed by atoms with Crippen LogP contribution in [-0.2, 0) is 4.74 Å². The molecule has 11 heavy (non-hydrogen) atoms. The maximum atomic E-state index is 5.29. The van der Waals surface area contributed by atoms with Crippen LogP contribution in [0.25, 0.3) is 0 Å². The molecule has 0 fully saturated rings. The quantitative estimate of drug-likeness (QED) is 0.378. The largest absolute Gasteiger partial charge is 0.382 e. The fourth-order valence-electron chi connectivity index (χ4n) is 1.10. The van der Waals surface area contributed by atoms with Crippen LogP contribution in [0.15, 0.2) is 0 Å². The van der Waals surface area contributed by atoms with Crippen molar-refractivity contribution in [3.05, 3.63) is 0 Å². The van der Waals surface area contributed by atoms with Gasteiger partial charge in [-0.25, -0.2) is 0 Å². The molecule has 0 aliphatic heterocycles. The molecule has 0 aliphatic rings. The molecule has 0 heterocycles. The Morgan fingerprint density at radius 3 is 2.45 bits per heavy atom. The third kappa shape index (κ3) is 6.91. The van der Waals surface area contributed by atoms with Gasteiger partial charge in [-0.2, -0.15) is 12.6 Å². The van der Waals surface area contributed by atoms with Crippen LogP contribution in [0.5, 0.6) is 0 Å². The summed E-state index contributed by atoms with van der Waals surface area (Å²) in [7, 11) is 1.16. The SMILES string of the molecule is CCCC([SiH3])(S)CCOCC. The Bertz CT molecular complexity index is 96.1. The second-order valence-electron chi connectivity index (χ2n) is 3.19. The summed E-state index contributed by atoms with van der Waals surface area (Å²) in [6.07, 6.45) is 3.58. The zero-order chi connectivity index (χ0) is 8.74.